The van der Waals surface area contributed by atoms with Crippen molar-refractivity contribution >= 4 is 17.9 Å². The van der Waals surface area contributed by atoms with Crippen molar-refractivity contribution in [3.63, 3.8) is 0 Å². The molecule has 0 saturated carbocycles. The molecule has 0 unspecified atom stereocenters. The number of likely N-dealkylation sites (tertiary alicyclic amines) is 1. The molecule has 34 heavy (non-hydrogen) atoms. The lowest BCUT2D eigenvalue weighted by atomic mass is 9.93. The molecule has 4 rings (SSSR count). The van der Waals surface area contributed by atoms with Crippen LogP contribution in [-0.2, 0) is 4.79 Å². The number of nitrogen functional groups attached to an aromatic ring is 1. The maximum atomic E-state index is 10.6. The highest BCUT2D eigenvalue weighted by atomic mass is 16.5. The van der Waals surface area contributed by atoms with E-state index in [0.717, 1.165) is 24.3 Å². The van der Waals surface area contributed by atoms with Crippen LogP contribution in [0, 0.1) is 17.8 Å². The Labute approximate surface area is 198 Å². The molecule has 2 aromatic carbocycles. The minimum atomic E-state index is -0.503. The van der Waals surface area contributed by atoms with E-state index in [4.69, 9.17) is 10.5 Å². The van der Waals surface area contributed by atoms with Crippen LogP contribution in [0.5, 0.6) is 11.5 Å². The first-order chi connectivity index (χ1) is 16.6. The lowest BCUT2D eigenvalue weighted by Gasteiger charge is -2.35. The number of hydrogen-bond donors (Lipinski definition) is 3. The summed E-state index contributed by atoms with van der Waals surface area (Å²) in [6.45, 7) is 2.35. The number of piperidine rings is 1. The van der Waals surface area contributed by atoms with Crippen molar-refractivity contribution in [1.82, 2.24) is 14.9 Å². The molecule has 0 bridgehead atoms. The number of nitrogens with one attached hydrogen (secondary N) is 1. The molecule has 1 aliphatic heterocycles. The van der Waals surface area contributed by atoms with Gasteiger partial charge in [0.05, 0.1) is 18.2 Å². The fourth-order valence-corrected chi connectivity index (χ4v) is 3.99. The van der Waals surface area contributed by atoms with E-state index in [2.05, 4.69) is 27.1 Å². The molecule has 8 heteroatoms. The summed E-state index contributed by atoms with van der Waals surface area (Å²) in [5.41, 5.74) is 7.79. The van der Waals surface area contributed by atoms with E-state index in [0.29, 0.717) is 48.9 Å². The van der Waals surface area contributed by atoms with Gasteiger partial charge in [0.15, 0.2) is 6.29 Å². The molecule has 1 aromatic heterocycles. The smallest absolute Gasteiger partial charge is 0.192 e. The number of aliphatic hydroxyl groups is 1. The van der Waals surface area contributed by atoms with Crippen LogP contribution < -0.4 is 15.8 Å². The van der Waals surface area contributed by atoms with Gasteiger partial charge in [0.1, 0.15) is 29.5 Å². The molecule has 2 atom stereocenters. The van der Waals surface area contributed by atoms with Gasteiger partial charge in [-0.2, -0.15) is 0 Å². The SMILES string of the molecule is Nc1ncnc(NC[C@@H]2CCN(CC#CC=O)C[C@H]2O)c1-c1ccc(Oc2ccccc2)cc1. The number of para-hydroxylation sites is 1. The second kappa shape index (κ2) is 11.3. The predicted octanol–water partition coefficient (Wildman–Crippen LogP) is 2.82. The van der Waals surface area contributed by atoms with Gasteiger partial charge in [0.25, 0.3) is 0 Å². The summed E-state index contributed by atoms with van der Waals surface area (Å²) in [4.78, 5) is 21.0. The molecule has 1 fully saturated rings. The number of benzene rings is 2. The Morgan fingerprint density at radius 1 is 1.15 bits per heavy atom. The van der Waals surface area contributed by atoms with Crippen LogP contribution in [0.2, 0.25) is 0 Å². The minimum absolute atomic E-state index is 0.0565. The number of aromatic nitrogens is 2. The summed E-state index contributed by atoms with van der Waals surface area (Å²) in [5.74, 6) is 7.73. The number of β-amino-alcohol motifs (C(OH)–C–C–N with tert-alkyl or cyclic N) is 1. The molecule has 1 aliphatic rings. The fourth-order valence-electron chi connectivity index (χ4n) is 3.99. The number of ether oxygens (including phenoxy) is 1. The van der Waals surface area contributed by atoms with Crippen molar-refractivity contribution in [1.29, 1.82) is 0 Å². The van der Waals surface area contributed by atoms with E-state index in [1.807, 2.05) is 59.5 Å². The van der Waals surface area contributed by atoms with Crippen LogP contribution >= 0.6 is 0 Å². The van der Waals surface area contributed by atoms with Crippen molar-refractivity contribution < 1.29 is 14.6 Å². The number of aliphatic hydroxyl groups excluding tert-OH is 1. The Kier molecular flexibility index (Phi) is 7.71. The molecule has 1 saturated heterocycles. The summed E-state index contributed by atoms with van der Waals surface area (Å²) in [5, 5.41) is 14.0. The van der Waals surface area contributed by atoms with Gasteiger partial charge < -0.3 is 20.9 Å². The zero-order valence-electron chi connectivity index (χ0n) is 18.7. The molecule has 8 nitrogen and oxygen atoms in total. The van der Waals surface area contributed by atoms with Crippen LogP contribution in [0.3, 0.4) is 0 Å². The van der Waals surface area contributed by atoms with Gasteiger partial charge >= 0.3 is 0 Å². The maximum Gasteiger partial charge on any atom is 0.192 e. The average molecular weight is 458 g/mol. The highest BCUT2D eigenvalue weighted by molar-refractivity contribution is 5.83. The number of rotatable bonds is 7. The quantitative estimate of drug-likeness (QED) is 0.367. The van der Waals surface area contributed by atoms with Gasteiger partial charge in [0, 0.05) is 19.0 Å². The Bertz CT molecular complexity index is 1160. The van der Waals surface area contributed by atoms with Crippen LogP contribution in [0.1, 0.15) is 6.42 Å². The first kappa shape index (κ1) is 23.2. The molecule has 0 spiro atoms. The summed E-state index contributed by atoms with van der Waals surface area (Å²) in [6, 6.07) is 17.2. The summed E-state index contributed by atoms with van der Waals surface area (Å²) in [6.07, 6.45) is 2.32. The van der Waals surface area contributed by atoms with Gasteiger partial charge in [-0.15, -0.1) is 0 Å². The summed E-state index contributed by atoms with van der Waals surface area (Å²) in [7, 11) is 0. The zero-order valence-corrected chi connectivity index (χ0v) is 18.7. The van der Waals surface area contributed by atoms with Gasteiger partial charge in [-0.3, -0.25) is 9.69 Å². The molecular formula is C26H27N5O3. The standard InChI is InChI=1S/C26H27N5O3/c27-25-24(19-8-10-22(11-9-19)34-21-6-2-1-3-7-21)26(30-18-29-25)28-16-20-12-14-31(17-23(20)33)13-4-5-15-32/h1-3,6-11,15,18,20,23,33H,12-14,16-17H2,(H3,27,28,29,30)/t20-,23+/m0/s1. The van der Waals surface area contributed by atoms with Gasteiger partial charge in [-0.1, -0.05) is 36.3 Å². The van der Waals surface area contributed by atoms with Crippen LogP contribution in [0.15, 0.2) is 60.9 Å². The number of nitrogens with zero attached hydrogens (tertiary/aromatic N) is 3. The maximum absolute atomic E-state index is 10.6. The molecule has 4 N–H and O–H groups in total. The molecule has 0 radical (unpaired) electrons. The first-order valence-corrected chi connectivity index (χ1v) is 11.1. The first-order valence-electron chi connectivity index (χ1n) is 11.1. The number of carbonyl (C=O) groups excluding carboxylic acids is 1. The molecule has 2 heterocycles. The van der Waals surface area contributed by atoms with E-state index in [-0.39, 0.29) is 5.92 Å². The van der Waals surface area contributed by atoms with Crippen molar-refractivity contribution in [2.75, 3.05) is 37.2 Å². The van der Waals surface area contributed by atoms with Crippen LogP contribution in [0.4, 0.5) is 11.6 Å². The lowest BCUT2D eigenvalue weighted by molar-refractivity contribution is -0.103. The topological polar surface area (TPSA) is 114 Å². The second-order valence-electron chi connectivity index (χ2n) is 8.09. The minimum Gasteiger partial charge on any atom is -0.457 e. The molecule has 3 aromatic rings. The van der Waals surface area contributed by atoms with Gasteiger partial charge in [0.2, 0.25) is 0 Å². The monoisotopic (exact) mass is 457 g/mol. The summed E-state index contributed by atoms with van der Waals surface area (Å²) >= 11 is 0. The summed E-state index contributed by atoms with van der Waals surface area (Å²) < 4.78 is 5.87. The molecule has 174 valence electrons. The van der Waals surface area contributed by atoms with Gasteiger partial charge in [-0.05, 0) is 48.7 Å². The Morgan fingerprint density at radius 3 is 2.65 bits per heavy atom. The van der Waals surface area contributed by atoms with Crippen LogP contribution in [-0.4, -0.2) is 58.5 Å². The fraction of sp³-hybridized carbons (Fsp3) is 0.269. The lowest BCUT2D eigenvalue weighted by Crippen LogP contribution is -2.46. The molecule has 0 amide bonds. The zero-order chi connectivity index (χ0) is 23.8. The Morgan fingerprint density at radius 2 is 1.91 bits per heavy atom. The van der Waals surface area contributed by atoms with E-state index in [9.17, 15) is 9.90 Å². The third-order valence-electron chi connectivity index (χ3n) is 5.80. The molecular weight excluding hydrogens is 430 g/mol. The third-order valence-corrected chi connectivity index (χ3v) is 5.80. The number of carbonyl (C=O) groups is 1. The normalized spacial score (nSPS) is 17.9. The Hall–Kier alpha value is -3.93. The van der Waals surface area contributed by atoms with E-state index in [1.54, 1.807) is 0 Å². The third kappa shape index (κ3) is 5.90. The van der Waals surface area contributed by atoms with E-state index in [1.165, 1.54) is 6.33 Å². The highest BCUT2D eigenvalue weighted by Crippen LogP contribution is 2.33. The second-order valence-corrected chi connectivity index (χ2v) is 8.09. The van der Waals surface area contributed by atoms with Gasteiger partial charge in [-0.25, -0.2) is 9.97 Å². The highest BCUT2D eigenvalue weighted by Gasteiger charge is 2.27. The van der Waals surface area contributed by atoms with E-state index < -0.39 is 6.10 Å². The largest absolute Gasteiger partial charge is 0.457 e. The molecule has 0 aliphatic carbocycles. The van der Waals surface area contributed by atoms with Crippen molar-refractivity contribution in [3.8, 4) is 34.5 Å². The van der Waals surface area contributed by atoms with E-state index >= 15 is 0 Å². The number of nitrogens with two attached hydrogens (primary N) is 1. The van der Waals surface area contributed by atoms with Crippen molar-refractivity contribution in [2.45, 2.75) is 12.5 Å². The Balaban J connectivity index is 1.42. The van der Waals surface area contributed by atoms with Crippen molar-refractivity contribution in [2.24, 2.45) is 5.92 Å². The number of hydrogen-bond acceptors (Lipinski definition) is 8. The predicted molar refractivity (Wildman–Crippen MR) is 131 cm³/mol. The number of anilines is 2. The average Bonchev–Trinajstić information content (AvgIpc) is 2.85. The van der Waals surface area contributed by atoms with Crippen LogP contribution in [0.25, 0.3) is 11.1 Å². The van der Waals surface area contributed by atoms with Crippen molar-refractivity contribution in [3.05, 3.63) is 60.9 Å². The number of aldehydes is 1.